The number of hydrogen-bond donors (Lipinski definition) is 0. The van der Waals surface area contributed by atoms with Gasteiger partial charge in [0.25, 0.3) is 5.69 Å². The van der Waals surface area contributed by atoms with Gasteiger partial charge in [0.1, 0.15) is 0 Å². The minimum Gasteiger partial charge on any atom is -0.280 e. The monoisotopic (exact) mass is 258 g/mol. The van der Waals surface area contributed by atoms with Gasteiger partial charge in [-0.1, -0.05) is 26.2 Å². The Labute approximate surface area is 113 Å². The van der Waals surface area contributed by atoms with Crippen molar-refractivity contribution in [1.29, 1.82) is 0 Å². The molecular formula is C15H18N2O2. The Hall–Kier alpha value is -2.15. The molecule has 0 aliphatic heterocycles. The Morgan fingerprint density at radius 2 is 2.05 bits per heavy atom. The van der Waals surface area contributed by atoms with Gasteiger partial charge in [0.05, 0.1) is 11.5 Å². The average molecular weight is 258 g/mol. The number of nitro groups is 1. The lowest BCUT2D eigenvalue weighted by Crippen LogP contribution is -1.89. The molecule has 1 atom stereocenters. The molecule has 4 heteroatoms. The summed E-state index contributed by atoms with van der Waals surface area (Å²) in [6.07, 6.45) is 3.73. The molecule has 0 saturated carbocycles. The van der Waals surface area contributed by atoms with Crippen LogP contribution in [0.5, 0.6) is 0 Å². The molecule has 0 aliphatic rings. The molecule has 0 radical (unpaired) electrons. The second-order valence-corrected chi connectivity index (χ2v) is 4.39. The van der Waals surface area contributed by atoms with Crippen molar-refractivity contribution in [3.05, 3.63) is 39.9 Å². The van der Waals surface area contributed by atoms with Crippen LogP contribution in [0.2, 0.25) is 0 Å². The first-order chi connectivity index (χ1) is 9.13. The standard InChI is InChI=1S/C15H18N2O2/c1-3-13(2)6-4-5-11-16-12-14-7-9-15(10-8-14)17(18)19/h7-10,12-13H,3,6,11H2,1-2H3/b16-12+. The van der Waals surface area contributed by atoms with Crippen LogP contribution < -0.4 is 0 Å². The lowest BCUT2D eigenvalue weighted by Gasteiger charge is -1.99. The van der Waals surface area contributed by atoms with Gasteiger partial charge in [-0.2, -0.15) is 0 Å². The maximum absolute atomic E-state index is 10.5. The van der Waals surface area contributed by atoms with Crippen LogP contribution in [0.4, 0.5) is 5.69 Å². The largest absolute Gasteiger partial charge is 0.280 e. The van der Waals surface area contributed by atoms with Crippen molar-refractivity contribution in [2.75, 3.05) is 6.54 Å². The van der Waals surface area contributed by atoms with E-state index in [4.69, 9.17) is 0 Å². The summed E-state index contributed by atoms with van der Waals surface area (Å²) in [5.41, 5.74) is 0.930. The SMILES string of the molecule is CCC(C)CC#CC/N=C/c1ccc([N+](=O)[O-])cc1. The molecule has 0 N–H and O–H groups in total. The van der Waals surface area contributed by atoms with Crippen molar-refractivity contribution in [2.45, 2.75) is 26.7 Å². The fourth-order valence-electron chi connectivity index (χ4n) is 1.33. The van der Waals surface area contributed by atoms with E-state index >= 15 is 0 Å². The number of hydrogen-bond acceptors (Lipinski definition) is 3. The van der Waals surface area contributed by atoms with Crippen LogP contribution in [0.3, 0.4) is 0 Å². The van der Waals surface area contributed by atoms with Crippen LogP contribution in [-0.2, 0) is 0 Å². The van der Waals surface area contributed by atoms with Crippen molar-refractivity contribution in [3.8, 4) is 11.8 Å². The van der Waals surface area contributed by atoms with Gasteiger partial charge in [0, 0.05) is 24.8 Å². The maximum atomic E-state index is 10.5. The third kappa shape index (κ3) is 5.82. The van der Waals surface area contributed by atoms with Crippen molar-refractivity contribution >= 4 is 11.9 Å². The fraction of sp³-hybridized carbons (Fsp3) is 0.400. The first-order valence-corrected chi connectivity index (χ1v) is 6.33. The van der Waals surface area contributed by atoms with E-state index in [1.165, 1.54) is 12.1 Å². The highest BCUT2D eigenvalue weighted by molar-refractivity contribution is 5.80. The van der Waals surface area contributed by atoms with E-state index in [2.05, 4.69) is 30.7 Å². The maximum Gasteiger partial charge on any atom is 0.269 e. The second-order valence-electron chi connectivity index (χ2n) is 4.39. The minimum atomic E-state index is -0.415. The van der Waals surface area contributed by atoms with Gasteiger partial charge in [0.15, 0.2) is 0 Å². The van der Waals surface area contributed by atoms with E-state index < -0.39 is 4.92 Å². The Morgan fingerprint density at radius 1 is 1.37 bits per heavy atom. The van der Waals surface area contributed by atoms with Crippen LogP contribution in [0.15, 0.2) is 29.3 Å². The summed E-state index contributed by atoms with van der Waals surface area (Å²) >= 11 is 0. The summed E-state index contributed by atoms with van der Waals surface area (Å²) in [4.78, 5) is 14.2. The van der Waals surface area contributed by atoms with E-state index in [0.29, 0.717) is 12.5 Å². The normalized spacial score (nSPS) is 11.9. The molecule has 0 aromatic heterocycles. The summed E-state index contributed by atoms with van der Waals surface area (Å²) in [6.45, 7) is 4.79. The summed E-state index contributed by atoms with van der Waals surface area (Å²) in [7, 11) is 0. The van der Waals surface area contributed by atoms with Crippen molar-refractivity contribution < 1.29 is 4.92 Å². The van der Waals surface area contributed by atoms with Crippen molar-refractivity contribution in [2.24, 2.45) is 10.9 Å². The smallest absolute Gasteiger partial charge is 0.269 e. The highest BCUT2D eigenvalue weighted by Gasteiger charge is 2.01. The van der Waals surface area contributed by atoms with Gasteiger partial charge in [-0.15, -0.1) is 5.92 Å². The van der Waals surface area contributed by atoms with E-state index in [-0.39, 0.29) is 5.69 Å². The second kappa shape index (κ2) is 8.04. The highest BCUT2D eigenvalue weighted by atomic mass is 16.6. The number of nitro benzene ring substituents is 1. The summed E-state index contributed by atoms with van der Waals surface area (Å²) in [5, 5.41) is 10.5. The fourth-order valence-corrected chi connectivity index (χ4v) is 1.33. The number of benzene rings is 1. The first kappa shape index (κ1) is 14.9. The average Bonchev–Trinajstić information content (AvgIpc) is 2.42. The molecule has 4 nitrogen and oxygen atoms in total. The molecule has 1 aromatic carbocycles. The van der Waals surface area contributed by atoms with Crippen LogP contribution in [0.1, 0.15) is 32.3 Å². The molecule has 0 spiro atoms. The van der Waals surface area contributed by atoms with Gasteiger partial charge in [0.2, 0.25) is 0 Å². The number of non-ortho nitro benzene ring substituents is 1. The van der Waals surface area contributed by atoms with Gasteiger partial charge in [-0.3, -0.25) is 15.1 Å². The Morgan fingerprint density at radius 3 is 2.63 bits per heavy atom. The summed E-state index contributed by atoms with van der Waals surface area (Å²) in [5.74, 6) is 6.72. The van der Waals surface area contributed by atoms with E-state index in [1.807, 2.05) is 0 Å². The Balaban J connectivity index is 2.42. The molecule has 0 aliphatic carbocycles. The van der Waals surface area contributed by atoms with Crippen molar-refractivity contribution in [3.63, 3.8) is 0 Å². The van der Waals surface area contributed by atoms with Crippen LogP contribution >= 0.6 is 0 Å². The number of rotatable bonds is 5. The Kier molecular flexibility index (Phi) is 6.31. The van der Waals surface area contributed by atoms with Gasteiger partial charge < -0.3 is 0 Å². The van der Waals surface area contributed by atoms with Gasteiger partial charge in [-0.25, -0.2) is 0 Å². The molecule has 0 fully saturated rings. The molecule has 19 heavy (non-hydrogen) atoms. The molecule has 0 heterocycles. The van der Waals surface area contributed by atoms with Crippen molar-refractivity contribution in [1.82, 2.24) is 0 Å². The lowest BCUT2D eigenvalue weighted by molar-refractivity contribution is -0.384. The predicted octanol–water partition coefficient (Wildman–Crippen LogP) is 3.45. The molecule has 0 amide bonds. The molecule has 100 valence electrons. The van der Waals surface area contributed by atoms with Crippen LogP contribution in [0, 0.1) is 27.9 Å². The molecule has 0 saturated heterocycles. The van der Waals surface area contributed by atoms with E-state index in [1.54, 1.807) is 18.3 Å². The van der Waals surface area contributed by atoms with E-state index in [9.17, 15) is 10.1 Å². The molecule has 0 bridgehead atoms. The predicted molar refractivity (Wildman–Crippen MR) is 77.4 cm³/mol. The zero-order chi connectivity index (χ0) is 14.1. The number of nitrogens with zero attached hydrogens (tertiary/aromatic N) is 2. The van der Waals surface area contributed by atoms with Gasteiger partial charge >= 0.3 is 0 Å². The Bertz CT molecular complexity index is 495. The zero-order valence-corrected chi connectivity index (χ0v) is 11.3. The first-order valence-electron chi connectivity index (χ1n) is 6.33. The number of aliphatic imine (C=N–C) groups is 1. The molecule has 1 rings (SSSR count). The van der Waals surface area contributed by atoms with Crippen LogP contribution in [-0.4, -0.2) is 17.7 Å². The van der Waals surface area contributed by atoms with Gasteiger partial charge in [-0.05, 0) is 23.6 Å². The summed E-state index contributed by atoms with van der Waals surface area (Å²) in [6, 6.07) is 6.29. The minimum absolute atomic E-state index is 0.0884. The molecule has 1 aromatic rings. The topological polar surface area (TPSA) is 55.5 Å². The lowest BCUT2D eigenvalue weighted by atomic mass is 10.1. The third-order valence-corrected chi connectivity index (χ3v) is 2.79. The summed E-state index contributed by atoms with van der Waals surface area (Å²) < 4.78 is 0. The molecular weight excluding hydrogens is 240 g/mol. The van der Waals surface area contributed by atoms with E-state index in [0.717, 1.165) is 18.4 Å². The zero-order valence-electron chi connectivity index (χ0n) is 11.3. The quantitative estimate of drug-likeness (QED) is 0.351. The highest BCUT2D eigenvalue weighted by Crippen LogP contribution is 2.10. The third-order valence-electron chi connectivity index (χ3n) is 2.79. The molecule has 1 unspecified atom stereocenters. The van der Waals surface area contributed by atoms with Crippen LogP contribution in [0.25, 0.3) is 0 Å².